The molecule has 0 aliphatic rings. The Hall–Kier alpha value is -3.25. The van der Waals surface area contributed by atoms with Gasteiger partial charge in [0.25, 0.3) is 5.91 Å². The van der Waals surface area contributed by atoms with Crippen LogP contribution in [0.5, 0.6) is 0 Å². The van der Waals surface area contributed by atoms with Crippen molar-refractivity contribution in [3.63, 3.8) is 0 Å². The summed E-state index contributed by atoms with van der Waals surface area (Å²) in [5, 5.41) is 6.12. The number of rotatable bonds is 7. The molecule has 1 amide bonds. The third-order valence-electron chi connectivity index (χ3n) is 4.23. The van der Waals surface area contributed by atoms with Gasteiger partial charge in [-0.2, -0.15) is 0 Å². The highest BCUT2D eigenvalue weighted by Gasteiger charge is 2.14. The van der Waals surface area contributed by atoms with Gasteiger partial charge in [-0.1, -0.05) is 48.0 Å². The highest BCUT2D eigenvalue weighted by molar-refractivity contribution is 6.04. The van der Waals surface area contributed by atoms with Crippen LogP contribution in [0.4, 0.5) is 11.5 Å². The second-order valence-electron chi connectivity index (χ2n) is 6.52. The summed E-state index contributed by atoms with van der Waals surface area (Å²) in [6.45, 7) is 5.11. The third kappa shape index (κ3) is 4.92. The molecule has 0 radical (unpaired) electrons. The molecule has 3 aromatic rings. The monoisotopic (exact) mass is 376 g/mol. The first-order valence-corrected chi connectivity index (χ1v) is 9.13. The maximum atomic E-state index is 12.9. The normalized spacial score (nSPS) is 10.5. The average Bonchev–Trinajstić information content (AvgIpc) is 2.71. The highest BCUT2D eigenvalue weighted by Crippen LogP contribution is 2.20. The minimum Gasteiger partial charge on any atom is -0.383 e. The molecule has 0 aliphatic carbocycles. The number of anilines is 2. The first-order chi connectivity index (χ1) is 13.6. The van der Waals surface area contributed by atoms with Crippen LogP contribution in [0.2, 0.25) is 0 Å². The van der Waals surface area contributed by atoms with E-state index in [4.69, 9.17) is 4.74 Å². The molecule has 6 nitrogen and oxygen atoms in total. The molecule has 0 aliphatic heterocycles. The van der Waals surface area contributed by atoms with Crippen LogP contribution in [0.15, 0.2) is 54.6 Å². The Balaban J connectivity index is 1.91. The van der Waals surface area contributed by atoms with E-state index in [9.17, 15) is 4.79 Å². The Morgan fingerprint density at radius 1 is 1.04 bits per heavy atom. The lowest BCUT2D eigenvalue weighted by Gasteiger charge is -2.12. The maximum Gasteiger partial charge on any atom is 0.274 e. The van der Waals surface area contributed by atoms with Crippen LogP contribution in [-0.2, 0) is 4.74 Å². The number of amides is 1. The van der Waals surface area contributed by atoms with Crippen molar-refractivity contribution in [2.45, 2.75) is 13.8 Å². The smallest absolute Gasteiger partial charge is 0.274 e. The molecule has 2 aromatic carbocycles. The summed E-state index contributed by atoms with van der Waals surface area (Å²) in [5.74, 6) is 0.798. The van der Waals surface area contributed by atoms with E-state index in [1.807, 2.05) is 62.4 Å². The van der Waals surface area contributed by atoms with E-state index < -0.39 is 0 Å². The van der Waals surface area contributed by atoms with Gasteiger partial charge in [-0.05, 0) is 25.5 Å². The fourth-order valence-electron chi connectivity index (χ4n) is 2.79. The summed E-state index contributed by atoms with van der Waals surface area (Å²) in [5.41, 5.74) is 4.06. The van der Waals surface area contributed by atoms with Crippen LogP contribution in [0.25, 0.3) is 11.4 Å². The summed E-state index contributed by atoms with van der Waals surface area (Å²) in [6.07, 6.45) is 0. The molecule has 0 saturated carbocycles. The summed E-state index contributed by atoms with van der Waals surface area (Å²) < 4.78 is 5.07. The number of aromatic nitrogens is 2. The number of nitrogens with one attached hydrogen (secondary N) is 2. The van der Waals surface area contributed by atoms with Gasteiger partial charge in [0, 0.05) is 31.0 Å². The number of carbonyl (C=O) groups excluding carboxylic acids is 1. The summed E-state index contributed by atoms with van der Waals surface area (Å²) in [7, 11) is 1.64. The first kappa shape index (κ1) is 19.5. The molecule has 0 bridgehead atoms. The lowest BCUT2D eigenvalue weighted by molar-refractivity contribution is 0.102. The zero-order valence-corrected chi connectivity index (χ0v) is 16.3. The number of benzene rings is 2. The second kappa shape index (κ2) is 9.10. The Morgan fingerprint density at radius 2 is 1.82 bits per heavy atom. The fraction of sp³-hybridized carbons (Fsp3) is 0.227. The Morgan fingerprint density at radius 3 is 2.54 bits per heavy atom. The quantitative estimate of drug-likeness (QED) is 0.608. The first-order valence-electron chi connectivity index (χ1n) is 9.13. The van der Waals surface area contributed by atoms with Crippen LogP contribution < -0.4 is 10.6 Å². The van der Waals surface area contributed by atoms with Crippen molar-refractivity contribution in [1.82, 2.24) is 9.97 Å². The van der Waals surface area contributed by atoms with Crippen molar-refractivity contribution >= 4 is 17.4 Å². The Labute approximate surface area is 165 Å². The van der Waals surface area contributed by atoms with Crippen molar-refractivity contribution in [1.29, 1.82) is 0 Å². The SMILES string of the molecule is COCCNc1cc(C(=O)Nc2ccc(C)cc2C)nc(-c2ccccc2)n1. The molecule has 0 spiro atoms. The zero-order valence-electron chi connectivity index (χ0n) is 16.3. The van der Waals surface area contributed by atoms with Crippen LogP contribution in [0.3, 0.4) is 0 Å². The van der Waals surface area contributed by atoms with Gasteiger partial charge in [-0.15, -0.1) is 0 Å². The van der Waals surface area contributed by atoms with Gasteiger partial charge in [0.1, 0.15) is 11.5 Å². The van der Waals surface area contributed by atoms with Crippen LogP contribution in [-0.4, -0.2) is 36.1 Å². The standard InChI is InChI=1S/C22H24N4O2/c1-15-9-10-18(16(2)13-15)25-22(27)19-14-20(23-11-12-28-3)26-21(24-19)17-7-5-4-6-8-17/h4-10,13-14H,11-12H2,1-3H3,(H,25,27)(H,23,24,26). The molecular weight excluding hydrogens is 352 g/mol. The van der Waals surface area contributed by atoms with E-state index in [1.54, 1.807) is 13.2 Å². The molecule has 144 valence electrons. The van der Waals surface area contributed by atoms with Crippen LogP contribution in [0, 0.1) is 13.8 Å². The van der Waals surface area contributed by atoms with Gasteiger partial charge in [0.2, 0.25) is 0 Å². The molecular formula is C22H24N4O2. The van der Waals surface area contributed by atoms with Crippen molar-refractivity contribution in [2.24, 2.45) is 0 Å². The number of methoxy groups -OCH3 is 1. The van der Waals surface area contributed by atoms with Crippen LogP contribution >= 0.6 is 0 Å². The van der Waals surface area contributed by atoms with Gasteiger partial charge in [-0.3, -0.25) is 4.79 Å². The Kier molecular flexibility index (Phi) is 6.34. The molecule has 3 rings (SSSR count). The van der Waals surface area contributed by atoms with Gasteiger partial charge in [0.05, 0.1) is 6.61 Å². The topological polar surface area (TPSA) is 76.1 Å². The van der Waals surface area contributed by atoms with E-state index in [0.717, 1.165) is 22.4 Å². The van der Waals surface area contributed by atoms with Gasteiger partial charge in [-0.25, -0.2) is 9.97 Å². The second-order valence-corrected chi connectivity index (χ2v) is 6.52. The number of carbonyl (C=O) groups is 1. The van der Waals surface area contributed by atoms with E-state index >= 15 is 0 Å². The summed E-state index contributed by atoms with van der Waals surface area (Å²) in [4.78, 5) is 21.9. The highest BCUT2D eigenvalue weighted by atomic mass is 16.5. The molecule has 28 heavy (non-hydrogen) atoms. The lowest BCUT2D eigenvalue weighted by Crippen LogP contribution is -2.17. The van der Waals surface area contributed by atoms with Gasteiger partial charge < -0.3 is 15.4 Å². The van der Waals surface area contributed by atoms with Crippen LogP contribution in [0.1, 0.15) is 21.6 Å². The molecule has 0 saturated heterocycles. The minimum atomic E-state index is -0.277. The summed E-state index contributed by atoms with van der Waals surface area (Å²) >= 11 is 0. The maximum absolute atomic E-state index is 12.9. The number of aryl methyl sites for hydroxylation is 2. The van der Waals surface area contributed by atoms with Crippen molar-refractivity contribution in [3.8, 4) is 11.4 Å². The zero-order chi connectivity index (χ0) is 19.9. The average molecular weight is 376 g/mol. The van der Waals surface area contributed by atoms with Gasteiger partial charge in [0.15, 0.2) is 5.82 Å². The molecule has 6 heteroatoms. The van der Waals surface area contributed by atoms with Crippen molar-refractivity contribution < 1.29 is 9.53 Å². The van der Waals surface area contributed by atoms with E-state index in [2.05, 4.69) is 20.6 Å². The summed E-state index contributed by atoms with van der Waals surface area (Å²) in [6, 6.07) is 17.1. The molecule has 2 N–H and O–H groups in total. The number of ether oxygens (including phenoxy) is 1. The molecule has 0 atom stereocenters. The molecule has 0 unspecified atom stereocenters. The number of hydrogen-bond acceptors (Lipinski definition) is 5. The lowest BCUT2D eigenvalue weighted by atomic mass is 10.1. The number of hydrogen-bond donors (Lipinski definition) is 2. The molecule has 1 aromatic heterocycles. The van der Waals surface area contributed by atoms with Crippen molar-refractivity contribution in [3.05, 3.63) is 71.4 Å². The molecule has 1 heterocycles. The van der Waals surface area contributed by atoms with Crippen molar-refractivity contribution in [2.75, 3.05) is 30.9 Å². The fourth-order valence-corrected chi connectivity index (χ4v) is 2.79. The van der Waals surface area contributed by atoms with E-state index in [0.29, 0.717) is 30.5 Å². The predicted octanol–water partition coefficient (Wildman–Crippen LogP) is 4.07. The van der Waals surface area contributed by atoms with E-state index in [-0.39, 0.29) is 5.91 Å². The predicted molar refractivity (Wildman–Crippen MR) is 112 cm³/mol. The minimum absolute atomic E-state index is 0.277. The largest absolute Gasteiger partial charge is 0.383 e. The Bertz CT molecular complexity index is 958. The third-order valence-corrected chi connectivity index (χ3v) is 4.23. The molecule has 0 fully saturated rings. The van der Waals surface area contributed by atoms with E-state index in [1.165, 1.54) is 0 Å². The number of nitrogens with zero attached hydrogens (tertiary/aromatic N) is 2. The van der Waals surface area contributed by atoms with Gasteiger partial charge >= 0.3 is 0 Å².